The average molecular weight is 411 g/mol. The van der Waals surface area contributed by atoms with Crippen LogP contribution in [-0.2, 0) is 6.54 Å². The third-order valence-electron chi connectivity index (χ3n) is 5.11. The van der Waals surface area contributed by atoms with E-state index in [1.54, 1.807) is 7.11 Å². The molecule has 0 aromatic heterocycles. The Morgan fingerprint density at radius 2 is 1.89 bits per heavy atom. The van der Waals surface area contributed by atoms with Crippen molar-refractivity contribution in [3.05, 3.63) is 23.8 Å². The number of ether oxygens (including phenoxy) is 2. The van der Waals surface area contributed by atoms with Crippen LogP contribution >= 0.6 is 11.8 Å². The Balaban J connectivity index is 1.80. The normalized spacial score (nSPS) is 17.0. The van der Waals surface area contributed by atoms with Gasteiger partial charge in [-0.25, -0.2) is 0 Å². The van der Waals surface area contributed by atoms with Crippen LogP contribution in [0.4, 0.5) is 0 Å². The molecule has 160 valence electrons. The fourth-order valence-corrected chi connectivity index (χ4v) is 3.98. The quantitative estimate of drug-likeness (QED) is 0.514. The summed E-state index contributed by atoms with van der Waals surface area (Å²) in [5, 5.41) is 13.9. The molecule has 1 aromatic carbocycles. The molecule has 2 rings (SSSR count). The maximum absolute atomic E-state index is 10.5. The van der Waals surface area contributed by atoms with E-state index in [4.69, 9.17) is 9.47 Å². The molecule has 0 spiro atoms. The predicted molar refractivity (Wildman–Crippen MR) is 119 cm³/mol. The van der Waals surface area contributed by atoms with Crippen LogP contribution in [-0.4, -0.2) is 68.0 Å². The second-order valence-corrected chi connectivity index (χ2v) is 8.53. The zero-order valence-corrected chi connectivity index (χ0v) is 18.4. The average Bonchev–Trinajstić information content (AvgIpc) is 2.68. The van der Waals surface area contributed by atoms with E-state index < -0.39 is 6.10 Å². The summed E-state index contributed by atoms with van der Waals surface area (Å²) in [6.07, 6.45) is 9.23. The lowest BCUT2D eigenvalue weighted by Crippen LogP contribution is -2.37. The van der Waals surface area contributed by atoms with E-state index in [1.807, 2.05) is 23.9 Å². The van der Waals surface area contributed by atoms with Gasteiger partial charge >= 0.3 is 0 Å². The molecule has 0 radical (unpaired) electrons. The van der Waals surface area contributed by atoms with Gasteiger partial charge in [0, 0.05) is 13.1 Å². The molecule has 1 saturated heterocycles. The Kier molecular flexibility index (Phi) is 11.7. The Hall–Kier alpha value is -0.950. The summed E-state index contributed by atoms with van der Waals surface area (Å²) in [4.78, 5) is 2.37. The number of methoxy groups -OCH3 is 1. The molecule has 28 heavy (non-hydrogen) atoms. The minimum atomic E-state index is -0.488. The Morgan fingerprint density at radius 1 is 1.14 bits per heavy atom. The predicted octanol–water partition coefficient (Wildman–Crippen LogP) is 3.54. The fourth-order valence-electron chi connectivity index (χ4n) is 3.55. The molecule has 2 N–H and O–H groups in total. The standard InChI is InChI=1S/C22H38N2O3S/c1-26-21-10-9-19(16-23-11-8-14-28-2)15-22(21)27-18-20(25)17-24-12-6-4-3-5-7-13-24/h9-10,15,20,23,25H,3-8,11-14,16-18H2,1-2H3. The van der Waals surface area contributed by atoms with E-state index in [0.29, 0.717) is 18.0 Å². The summed E-state index contributed by atoms with van der Waals surface area (Å²) in [6.45, 7) is 4.95. The molecule has 0 amide bonds. The molecule has 0 saturated carbocycles. The van der Waals surface area contributed by atoms with Gasteiger partial charge in [0.25, 0.3) is 0 Å². The molecular weight excluding hydrogens is 372 g/mol. The second-order valence-electron chi connectivity index (χ2n) is 7.54. The summed E-state index contributed by atoms with van der Waals surface area (Å²) in [5.41, 5.74) is 1.17. The molecule has 0 aliphatic carbocycles. The number of rotatable bonds is 12. The van der Waals surface area contributed by atoms with Gasteiger partial charge < -0.3 is 24.8 Å². The SMILES string of the molecule is COc1ccc(CNCCCSC)cc1OCC(O)CN1CCCCCCC1. The number of aliphatic hydroxyl groups is 1. The van der Waals surface area contributed by atoms with Crippen LogP contribution < -0.4 is 14.8 Å². The lowest BCUT2D eigenvalue weighted by molar-refractivity contribution is 0.0644. The summed E-state index contributed by atoms with van der Waals surface area (Å²) in [6, 6.07) is 6.02. The van der Waals surface area contributed by atoms with Crippen LogP contribution in [0.5, 0.6) is 11.5 Å². The highest BCUT2D eigenvalue weighted by Gasteiger charge is 2.15. The zero-order valence-electron chi connectivity index (χ0n) is 17.6. The number of hydrogen-bond donors (Lipinski definition) is 2. The first kappa shape index (κ1) is 23.3. The van der Waals surface area contributed by atoms with Crippen molar-refractivity contribution in [1.29, 1.82) is 0 Å². The van der Waals surface area contributed by atoms with Crippen LogP contribution in [0.15, 0.2) is 18.2 Å². The number of thioether (sulfide) groups is 1. The number of nitrogens with one attached hydrogen (secondary N) is 1. The molecule has 1 aromatic rings. The van der Waals surface area contributed by atoms with E-state index >= 15 is 0 Å². The second kappa shape index (κ2) is 14.1. The highest BCUT2D eigenvalue weighted by atomic mass is 32.2. The summed E-state index contributed by atoms with van der Waals surface area (Å²) in [5.74, 6) is 2.60. The first-order chi connectivity index (χ1) is 13.7. The molecule has 1 atom stereocenters. The molecular formula is C22H38N2O3S. The maximum atomic E-state index is 10.5. The number of aliphatic hydroxyl groups excluding tert-OH is 1. The van der Waals surface area contributed by atoms with Crippen molar-refractivity contribution in [3.63, 3.8) is 0 Å². The van der Waals surface area contributed by atoms with Gasteiger partial charge in [0.05, 0.1) is 7.11 Å². The van der Waals surface area contributed by atoms with Gasteiger partial charge in [0.2, 0.25) is 0 Å². The van der Waals surface area contributed by atoms with Crippen LogP contribution in [0.1, 0.15) is 44.1 Å². The minimum Gasteiger partial charge on any atom is -0.493 e. The van der Waals surface area contributed by atoms with Crippen molar-refractivity contribution >= 4 is 11.8 Å². The third-order valence-corrected chi connectivity index (χ3v) is 5.80. The van der Waals surface area contributed by atoms with Gasteiger partial charge in [-0.2, -0.15) is 11.8 Å². The van der Waals surface area contributed by atoms with Gasteiger partial charge in [0.15, 0.2) is 11.5 Å². The van der Waals surface area contributed by atoms with Crippen molar-refractivity contribution in [2.24, 2.45) is 0 Å². The van der Waals surface area contributed by atoms with Crippen molar-refractivity contribution in [1.82, 2.24) is 10.2 Å². The first-order valence-corrected chi connectivity index (χ1v) is 12.0. The van der Waals surface area contributed by atoms with Crippen LogP contribution in [0.2, 0.25) is 0 Å². The Bertz CT molecular complexity index is 537. The number of nitrogens with zero attached hydrogens (tertiary/aromatic N) is 1. The smallest absolute Gasteiger partial charge is 0.161 e. The van der Waals surface area contributed by atoms with Crippen LogP contribution in [0, 0.1) is 0 Å². The van der Waals surface area contributed by atoms with Gasteiger partial charge in [-0.1, -0.05) is 25.3 Å². The third kappa shape index (κ3) is 9.03. The summed E-state index contributed by atoms with van der Waals surface area (Å²) >= 11 is 1.88. The van der Waals surface area contributed by atoms with Gasteiger partial charge in [-0.3, -0.25) is 0 Å². The van der Waals surface area contributed by atoms with E-state index in [0.717, 1.165) is 26.2 Å². The Morgan fingerprint density at radius 3 is 2.61 bits per heavy atom. The first-order valence-electron chi connectivity index (χ1n) is 10.6. The van der Waals surface area contributed by atoms with Crippen molar-refractivity contribution in [2.75, 3.05) is 51.9 Å². The molecule has 1 heterocycles. The summed E-state index contributed by atoms with van der Waals surface area (Å²) in [7, 11) is 1.65. The number of β-amino-alcohol motifs (C(OH)–C–C–N with tert-alkyl or cyclic N) is 1. The van der Waals surface area contributed by atoms with Crippen molar-refractivity contribution < 1.29 is 14.6 Å². The highest BCUT2D eigenvalue weighted by Crippen LogP contribution is 2.28. The van der Waals surface area contributed by atoms with Crippen molar-refractivity contribution in [3.8, 4) is 11.5 Å². The molecule has 1 aliphatic rings. The number of hydrogen-bond acceptors (Lipinski definition) is 6. The molecule has 6 heteroatoms. The van der Waals surface area contributed by atoms with Crippen LogP contribution in [0.25, 0.3) is 0 Å². The number of likely N-dealkylation sites (tertiary alicyclic amines) is 1. The van der Waals surface area contributed by atoms with E-state index in [2.05, 4.69) is 22.5 Å². The highest BCUT2D eigenvalue weighted by molar-refractivity contribution is 7.98. The molecule has 5 nitrogen and oxygen atoms in total. The minimum absolute atomic E-state index is 0.289. The zero-order chi connectivity index (χ0) is 20.0. The van der Waals surface area contributed by atoms with E-state index in [9.17, 15) is 5.11 Å². The topological polar surface area (TPSA) is 54.0 Å². The molecule has 1 fully saturated rings. The number of benzene rings is 1. The fraction of sp³-hybridized carbons (Fsp3) is 0.727. The van der Waals surface area contributed by atoms with Gasteiger partial charge in [0.1, 0.15) is 12.7 Å². The lowest BCUT2D eigenvalue weighted by atomic mass is 10.1. The maximum Gasteiger partial charge on any atom is 0.161 e. The lowest BCUT2D eigenvalue weighted by Gasteiger charge is -2.26. The summed E-state index contributed by atoms with van der Waals surface area (Å²) < 4.78 is 11.4. The monoisotopic (exact) mass is 410 g/mol. The molecule has 1 unspecified atom stereocenters. The van der Waals surface area contributed by atoms with Gasteiger partial charge in [-0.05, 0) is 68.6 Å². The van der Waals surface area contributed by atoms with Crippen LogP contribution in [0.3, 0.4) is 0 Å². The largest absolute Gasteiger partial charge is 0.493 e. The van der Waals surface area contributed by atoms with E-state index in [1.165, 1.54) is 49.8 Å². The van der Waals surface area contributed by atoms with Gasteiger partial charge in [-0.15, -0.1) is 0 Å². The Labute approximate surface area is 175 Å². The molecule has 0 bridgehead atoms. The molecule has 1 aliphatic heterocycles. The van der Waals surface area contributed by atoms with Crippen molar-refractivity contribution in [2.45, 2.75) is 51.2 Å². The van der Waals surface area contributed by atoms with E-state index in [-0.39, 0.29) is 6.61 Å².